The SMILES string of the molecule is Cc1cccc(Cn2c(C(=O)NCCN3CCOCC3)cc3cc(NS(=O)(=O)c4ccc(C(C)(C)C)cc4)ccc32)c1. The molecule has 0 spiro atoms. The number of amides is 1. The van der Waals surface area contributed by atoms with Gasteiger partial charge < -0.3 is 14.6 Å². The van der Waals surface area contributed by atoms with Gasteiger partial charge in [-0.15, -0.1) is 0 Å². The Morgan fingerprint density at radius 1 is 0.952 bits per heavy atom. The van der Waals surface area contributed by atoms with Crippen LogP contribution in [0, 0.1) is 6.92 Å². The molecule has 8 nitrogen and oxygen atoms in total. The minimum absolute atomic E-state index is 0.0706. The van der Waals surface area contributed by atoms with E-state index in [-0.39, 0.29) is 16.2 Å². The number of rotatable bonds is 9. The van der Waals surface area contributed by atoms with Crippen LogP contribution in [0.3, 0.4) is 0 Å². The summed E-state index contributed by atoms with van der Waals surface area (Å²) in [5, 5.41) is 3.86. The second-order valence-corrected chi connectivity index (χ2v) is 13.7. The molecule has 0 unspecified atom stereocenters. The van der Waals surface area contributed by atoms with E-state index in [1.54, 1.807) is 24.3 Å². The third kappa shape index (κ3) is 7.03. The molecule has 222 valence electrons. The molecule has 9 heteroatoms. The fourth-order valence-electron chi connectivity index (χ4n) is 5.28. The maximum atomic E-state index is 13.4. The number of aryl methyl sites for hydroxylation is 1. The molecule has 0 bridgehead atoms. The van der Waals surface area contributed by atoms with Crippen LogP contribution in [0.25, 0.3) is 10.9 Å². The van der Waals surface area contributed by atoms with Crippen molar-refractivity contribution in [2.75, 3.05) is 44.1 Å². The number of hydrogen-bond acceptors (Lipinski definition) is 5. The zero-order valence-electron chi connectivity index (χ0n) is 24.8. The van der Waals surface area contributed by atoms with Gasteiger partial charge in [0.2, 0.25) is 0 Å². The second kappa shape index (κ2) is 12.3. The quantitative estimate of drug-likeness (QED) is 0.282. The van der Waals surface area contributed by atoms with Gasteiger partial charge in [0.05, 0.1) is 18.1 Å². The monoisotopic (exact) mass is 588 g/mol. The molecule has 1 saturated heterocycles. The summed E-state index contributed by atoms with van der Waals surface area (Å²) in [6.45, 7) is 13.3. The van der Waals surface area contributed by atoms with Crippen LogP contribution < -0.4 is 10.0 Å². The number of morpholine rings is 1. The summed E-state index contributed by atoms with van der Waals surface area (Å²) in [6.07, 6.45) is 0. The minimum atomic E-state index is -3.79. The Morgan fingerprint density at radius 2 is 1.69 bits per heavy atom. The molecule has 5 rings (SSSR count). The van der Waals surface area contributed by atoms with Crippen molar-refractivity contribution in [1.29, 1.82) is 0 Å². The first-order valence-corrected chi connectivity index (χ1v) is 15.9. The average Bonchev–Trinajstić information content (AvgIpc) is 3.30. The maximum Gasteiger partial charge on any atom is 0.267 e. The van der Waals surface area contributed by atoms with E-state index in [2.05, 4.69) is 41.8 Å². The summed E-state index contributed by atoms with van der Waals surface area (Å²) in [6, 6.07) is 22.4. The Morgan fingerprint density at radius 3 is 2.38 bits per heavy atom. The molecule has 1 aliphatic rings. The molecular formula is C33H40N4O4S. The Balaban J connectivity index is 1.41. The molecule has 0 saturated carbocycles. The van der Waals surface area contributed by atoms with Crippen LogP contribution in [0.15, 0.2) is 77.7 Å². The lowest BCUT2D eigenvalue weighted by molar-refractivity contribution is 0.0383. The van der Waals surface area contributed by atoms with Crippen molar-refractivity contribution in [2.24, 2.45) is 0 Å². The molecule has 3 aromatic carbocycles. The van der Waals surface area contributed by atoms with Crippen LogP contribution in [0.2, 0.25) is 0 Å². The number of ether oxygens (including phenoxy) is 1. The molecule has 42 heavy (non-hydrogen) atoms. The number of anilines is 1. The van der Waals surface area contributed by atoms with E-state index >= 15 is 0 Å². The molecule has 4 aromatic rings. The van der Waals surface area contributed by atoms with Crippen molar-refractivity contribution in [1.82, 2.24) is 14.8 Å². The molecule has 1 fully saturated rings. The predicted octanol–water partition coefficient (Wildman–Crippen LogP) is 5.16. The van der Waals surface area contributed by atoms with Gasteiger partial charge in [-0.3, -0.25) is 14.4 Å². The van der Waals surface area contributed by atoms with Crippen LogP contribution in [0.5, 0.6) is 0 Å². The van der Waals surface area contributed by atoms with Gasteiger partial charge in [-0.25, -0.2) is 8.42 Å². The molecular weight excluding hydrogens is 548 g/mol. The Labute approximate surface area is 248 Å². The molecule has 1 aromatic heterocycles. The number of carbonyl (C=O) groups excluding carboxylic acids is 1. The van der Waals surface area contributed by atoms with Crippen LogP contribution in [-0.4, -0.2) is 63.2 Å². The number of fused-ring (bicyclic) bond motifs is 1. The summed E-state index contributed by atoms with van der Waals surface area (Å²) in [4.78, 5) is 15.9. The highest BCUT2D eigenvalue weighted by Gasteiger charge is 2.20. The minimum Gasteiger partial charge on any atom is -0.379 e. The molecule has 0 radical (unpaired) electrons. The molecule has 1 amide bonds. The maximum absolute atomic E-state index is 13.4. The number of carbonyl (C=O) groups is 1. The van der Waals surface area contributed by atoms with E-state index in [1.807, 2.05) is 54.0 Å². The van der Waals surface area contributed by atoms with E-state index in [1.165, 1.54) is 0 Å². The Bertz CT molecular complexity index is 1660. The number of sulfonamides is 1. The summed E-state index contributed by atoms with van der Waals surface area (Å²) < 4.78 is 36.5. The Kier molecular flexibility index (Phi) is 8.73. The van der Waals surface area contributed by atoms with Gasteiger partial charge in [0.1, 0.15) is 5.69 Å². The van der Waals surface area contributed by atoms with Crippen LogP contribution in [0.1, 0.15) is 48.0 Å². The average molecular weight is 589 g/mol. The number of hydrogen-bond donors (Lipinski definition) is 2. The fraction of sp³-hybridized carbons (Fsp3) is 0.364. The number of nitrogens with zero attached hydrogens (tertiary/aromatic N) is 2. The normalized spacial score (nSPS) is 14.7. The smallest absolute Gasteiger partial charge is 0.267 e. The molecule has 2 N–H and O–H groups in total. The Hall–Kier alpha value is -3.66. The first kappa shape index (κ1) is 29.8. The summed E-state index contributed by atoms with van der Waals surface area (Å²) in [5.41, 5.74) is 5.05. The van der Waals surface area contributed by atoms with Crippen LogP contribution in [0.4, 0.5) is 5.69 Å². The van der Waals surface area contributed by atoms with E-state index < -0.39 is 10.0 Å². The van der Waals surface area contributed by atoms with Crippen molar-refractivity contribution in [3.8, 4) is 0 Å². The van der Waals surface area contributed by atoms with Gasteiger partial charge in [0.25, 0.3) is 15.9 Å². The lowest BCUT2D eigenvalue weighted by Crippen LogP contribution is -2.41. The van der Waals surface area contributed by atoms with Crippen molar-refractivity contribution >= 4 is 32.5 Å². The number of benzene rings is 3. The lowest BCUT2D eigenvalue weighted by Gasteiger charge is -2.26. The fourth-order valence-corrected chi connectivity index (χ4v) is 6.33. The molecule has 1 aliphatic heterocycles. The first-order valence-electron chi connectivity index (χ1n) is 14.4. The molecule has 0 atom stereocenters. The van der Waals surface area contributed by atoms with Crippen molar-refractivity contribution in [3.63, 3.8) is 0 Å². The third-order valence-corrected chi connectivity index (χ3v) is 9.05. The molecule has 2 heterocycles. The van der Waals surface area contributed by atoms with Crippen molar-refractivity contribution < 1.29 is 17.9 Å². The standard InChI is InChI=1S/C33H40N4O4S/c1-24-6-5-7-25(20-24)23-37-30-13-10-28(35-42(39,40)29-11-8-27(9-12-29)33(2,3)4)21-26(30)22-31(37)32(38)34-14-15-36-16-18-41-19-17-36/h5-13,20-22,35H,14-19,23H2,1-4H3,(H,34,38). The summed E-state index contributed by atoms with van der Waals surface area (Å²) in [5.74, 6) is -0.159. The highest BCUT2D eigenvalue weighted by molar-refractivity contribution is 7.92. The van der Waals surface area contributed by atoms with Crippen molar-refractivity contribution in [2.45, 2.75) is 44.6 Å². The molecule has 0 aliphatic carbocycles. The van der Waals surface area contributed by atoms with E-state index in [9.17, 15) is 13.2 Å². The topological polar surface area (TPSA) is 92.7 Å². The van der Waals surface area contributed by atoms with Crippen LogP contribution >= 0.6 is 0 Å². The highest BCUT2D eigenvalue weighted by atomic mass is 32.2. The van der Waals surface area contributed by atoms with E-state index in [0.717, 1.165) is 47.2 Å². The largest absolute Gasteiger partial charge is 0.379 e. The predicted molar refractivity (Wildman–Crippen MR) is 168 cm³/mol. The lowest BCUT2D eigenvalue weighted by atomic mass is 9.87. The van der Waals surface area contributed by atoms with Crippen molar-refractivity contribution in [3.05, 3.63) is 95.2 Å². The van der Waals surface area contributed by atoms with Gasteiger partial charge >= 0.3 is 0 Å². The highest BCUT2D eigenvalue weighted by Crippen LogP contribution is 2.28. The first-order chi connectivity index (χ1) is 20.0. The van der Waals surface area contributed by atoms with Gasteiger partial charge in [-0.05, 0) is 59.9 Å². The van der Waals surface area contributed by atoms with Gasteiger partial charge in [0, 0.05) is 49.3 Å². The number of nitrogens with one attached hydrogen (secondary N) is 2. The number of aromatic nitrogens is 1. The summed E-state index contributed by atoms with van der Waals surface area (Å²) >= 11 is 0. The van der Waals surface area contributed by atoms with Gasteiger partial charge in [-0.1, -0.05) is 62.7 Å². The van der Waals surface area contributed by atoms with Gasteiger partial charge in [0.15, 0.2) is 0 Å². The third-order valence-electron chi connectivity index (χ3n) is 7.66. The van der Waals surface area contributed by atoms with E-state index in [0.29, 0.717) is 37.7 Å². The van der Waals surface area contributed by atoms with Crippen LogP contribution in [-0.2, 0) is 26.7 Å². The summed E-state index contributed by atoms with van der Waals surface area (Å²) in [7, 11) is -3.79. The zero-order chi connectivity index (χ0) is 29.9. The van der Waals surface area contributed by atoms with E-state index in [4.69, 9.17) is 4.74 Å². The van der Waals surface area contributed by atoms with Gasteiger partial charge in [-0.2, -0.15) is 0 Å². The zero-order valence-corrected chi connectivity index (χ0v) is 25.6. The second-order valence-electron chi connectivity index (χ2n) is 12.0.